The fourth-order valence-electron chi connectivity index (χ4n) is 5.59. The second-order valence-electron chi connectivity index (χ2n) is 11.2. The van der Waals surface area contributed by atoms with Crippen molar-refractivity contribution in [3.05, 3.63) is 53.2 Å². The maximum absolute atomic E-state index is 14.1. The zero-order valence-corrected chi connectivity index (χ0v) is 24.2. The van der Waals surface area contributed by atoms with E-state index in [1.165, 1.54) is 15.4 Å². The highest BCUT2D eigenvalue weighted by molar-refractivity contribution is 7.89. The van der Waals surface area contributed by atoms with Gasteiger partial charge in [0.1, 0.15) is 10.7 Å². The molecule has 2 unspecified atom stereocenters. The molecule has 8 nitrogen and oxygen atoms in total. The largest absolute Gasteiger partial charge is 0.383 e. The molecule has 4 rings (SSSR count). The molecule has 1 aromatic heterocycles. The summed E-state index contributed by atoms with van der Waals surface area (Å²) in [5, 5.41) is 2.87. The predicted octanol–water partition coefficient (Wildman–Crippen LogP) is 3.81. The molecule has 0 bridgehead atoms. The molecule has 2 fully saturated rings. The van der Waals surface area contributed by atoms with Crippen LogP contribution in [0.4, 0.5) is 5.82 Å². The predicted molar refractivity (Wildman–Crippen MR) is 150 cm³/mol. The van der Waals surface area contributed by atoms with E-state index >= 15 is 0 Å². The summed E-state index contributed by atoms with van der Waals surface area (Å²) in [5.41, 5.74) is 3.41. The highest BCUT2D eigenvalue weighted by atomic mass is 32.2. The monoisotopic (exact) mass is 542 g/mol. The van der Waals surface area contributed by atoms with Crippen LogP contribution in [0.3, 0.4) is 0 Å². The zero-order chi connectivity index (χ0) is 27.5. The van der Waals surface area contributed by atoms with E-state index in [-0.39, 0.29) is 34.7 Å². The number of anilines is 1. The SMILES string of the molecule is COCCNC(=O)C1CCC(C)N(S(=O)(=O)c2cc(C)cnc2N2CCC(C)(c3ccc(C)cc3)CC2)C1. The second-order valence-corrected chi connectivity index (χ2v) is 13.1. The number of piperidine rings is 2. The van der Waals surface area contributed by atoms with Gasteiger partial charge in [0.2, 0.25) is 15.9 Å². The van der Waals surface area contributed by atoms with Crippen molar-refractivity contribution in [2.24, 2.45) is 5.92 Å². The summed E-state index contributed by atoms with van der Waals surface area (Å²) in [7, 11) is -2.28. The summed E-state index contributed by atoms with van der Waals surface area (Å²) in [6, 6.07) is 10.3. The first-order chi connectivity index (χ1) is 18.0. The van der Waals surface area contributed by atoms with Crippen LogP contribution in [0.2, 0.25) is 0 Å². The summed E-state index contributed by atoms with van der Waals surface area (Å²) in [5.74, 6) is 0.00726. The van der Waals surface area contributed by atoms with Crippen molar-refractivity contribution in [1.82, 2.24) is 14.6 Å². The highest BCUT2D eigenvalue weighted by Gasteiger charge is 2.40. The number of nitrogens with one attached hydrogen (secondary N) is 1. The number of ether oxygens (including phenoxy) is 1. The van der Waals surface area contributed by atoms with Gasteiger partial charge in [-0.2, -0.15) is 4.31 Å². The number of pyridine rings is 1. The average molecular weight is 543 g/mol. The third kappa shape index (κ3) is 6.05. The molecular weight excluding hydrogens is 500 g/mol. The van der Waals surface area contributed by atoms with Gasteiger partial charge in [-0.05, 0) is 69.1 Å². The topological polar surface area (TPSA) is 91.8 Å². The fourth-order valence-corrected chi connectivity index (χ4v) is 7.55. The van der Waals surface area contributed by atoms with Crippen molar-refractivity contribution in [2.75, 3.05) is 44.8 Å². The van der Waals surface area contributed by atoms with Crippen LogP contribution in [-0.4, -0.2) is 69.6 Å². The third-order valence-corrected chi connectivity index (χ3v) is 10.3. The van der Waals surface area contributed by atoms with Gasteiger partial charge in [-0.15, -0.1) is 0 Å². The molecule has 2 aliphatic rings. The third-order valence-electron chi connectivity index (χ3n) is 8.27. The molecule has 0 spiro atoms. The van der Waals surface area contributed by atoms with Crippen LogP contribution in [0, 0.1) is 19.8 Å². The number of nitrogens with zero attached hydrogens (tertiary/aromatic N) is 3. The molecule has 2 aliphatic heterocycles. The van der Waals surface area contributed by atoms with Gasteiger partial charge in [-0.3, -0.25) is 4.79 Å². The number of carbonyl (C=O) groups is 1. The maximum atomic E-state index is 14.1. The Kier molecular flexibility index (Phi) is 8.79. The first-order valence-electron chi connectivity index (χ1n) is 13.6. The molecule has 2 aromatic rings. The van der Waals surface area contributed by atoms with Crippen LogP contribution < -0.4 is 10.2 Å². The Labute approximate surface area is 227 Å². The van der Waals surface area contributed by atoms with Gasteiger partial charge in [0.15, 0.2) is 0 Å². The Bertz CT molecular complexity index is 1220. The molecule has 0 aliphatic carbocycles. The molecule has 38 heavy (non-hydrogen) atoms. The van der Waals surface area contributed by atoms with E-state index in [1.807, 2.05) is 13.8 Å². The number of hydrogen-bond acceptors (Lipinski definition) is 6. The van der Waals surface area contributed by atoms with E-state index in [2.05, 4.69) is 53.3 Å². The standard InChI is InChI=1S/C29H42N4O4S/c1-21-6-10-25(11-7-21)29(4)12-15-32(16-13-29)27-26(18-22(2)19-31-27)38(35,36)33-20-24(9-8-23(33)3)28(34)30-14-17-37-5/h6-7,10-11,18-19,23-24H,8-9,12-17,20H2,1-5H3,(H,30,34). The van der Waals surface area contributed by atoms with E-state index < -0.39 is 10.0 Å². The molecule has 3 heterocycles. The molecule has 1 amide bonds. The van der Waals surface area contributed by atoms with Crippen LogP contribution >= 0.6 is 0 Å². The van der Waals surface area contributed by atoms with Crippen molar-refractivity contribution in [3.8, 4) is 0 Å². The van der Waals surface area contributed by atoms with Crippen LogP contribution in [0.1, 0.15) is 56.2 Å². The number of hydrogen-bond donors (Lipinski definition) is 1. The zero-order valence-electron chi connectivity index (χ0n) is 23.4. The minimum absolute atomic E-state index is 0.0404. The van der Waals surface area contributed by atoms with Gasteiger partial charge in [-0.1, -0.05) is 36.8 Å². The number of sulfonamides is 1. The molecule has 208 valence electrons. The number of benzene rings is 1. The highest BCUT2D eigenvalue weighted by Crippen LogP contribution is 2.39. The summed E-state index contributed by atoms with van der Waals surface area (Å²) in [6.07, 6.45) is 4.86. The van der Waals surface area contributed by atoms with E-state index in [0.29, 0.717) is 31.8 Å². The van der Waals surface area contributed by atoms with Gasteiger partial charge in [-0.25, -0.2) is 13.4 Å². The number of amides is 1. The number of methoxy groups -OCH3 is 1. The fraction of sp³-hybridized carbons (Fsp3) is 0.586. The lowest BCUT2D eigenvalue weighted by Gasteiger charge is -2.41. The molecule has 9 heteroatoms. The summed E-state index contributed by atoms with van der Waals surface area (Å²) < 4.78 is 34.8. The van der Waals surface area contributed by atoms with Gasteiger partial charge in [0.25, 0.3) is 0 Å². The molecule has 0 radical (unpaired) electrons. The van der Waals surface area contributed by atoms with Crippen molar-refractivity contribution >= 4 is 21.7 Å². The normalized spacial score (nSPS) is 22.3. The minimum Gasteiger partial charge on any atom is -0.383 e. The van der Waals surface area contributed by atoms with Gasteiger partial charge in [0, 0.05) is 45.5 Å². The number of carbonyl (C=O) groups excluding carboxylic acids is 1. The van der Waals surface area contributed by atoms with Crippen LogP contribution in [0.15, 0.2) is 41.4 Å². The van der Waals surface area contributed by atoms with Crippen LogP contribution in [0.25, 0.3) is 0 Å². The van der Waals surface area contributed by atoms with E-state index in [9.17, 15) is 13.2 Å². The Morgan fingerprint density at radius 2 is 1.82 bits per heavy atom. The maximum Gasteiger partial charge on any atom is 0.247 e. The number of rotatable bonds is 8. The molecule has 1 aromatic carbocycles. The van der Waals surface area contributed by atoms with Crippen molar-refractivity contribution in [1.29, 1.82) is 0 Å². The van der Waals surface area contributed by atoms with Crippen molar-refractivity contribution in [2.45, 2.75) is 69.7 Å². The molecular formula is C29H42N4O4S. The van der Waals surface area contributed by atoms with E-state index in [1.54, 1.807) is 19.4 Å². The van der Waals surface area contributed by atoms with Crippen LogP contribution in [-0.2, 0) is 25.0 Å². The summed E-state index contributed by atoms with van der Waals surface area (Å²) >= 11 is 0. The quantitative estimate of drug-likeness (QED) is 0.510. The Morgan fingerprint density at radius 1 is 1.13 bits per heavy atom. The Morgan fingerprint density at radius 3 is 2.47 bits per heavy atom. The Hall–Kier alpha value is -2.49. The van der Waals surface area contributed by atoms with Gasteiger partial charge in [0.05, 0.1) is 12.5 Å². The summed E-state index contributed by atoms with van der Waals surface area (Å²) in [4.78, 5) is 19.8. The van der Waals surface area contributed by atoms with Gasteiger partial charge < -0.3 is 15.0 Å². The lowest BCUT2D eigenvalue weighted by molar-refractivity contribution is -0.126. The minimum atomic E-state index is -3.87. The summed E-state index contributed by atoms with van der Waals surface area (Å²) in [6.45, 7) is 10.6. The number of aryl methyl sites for hydroxylation is 2. The Balaban J connectivity index is 1.55. The lowest BCUT2D eigenvalue weighted by atomic mass is 9.74. The van der Waals surface area contributed by atoms with Crippen molar-refractivity contribution < 1.29 is 17.9 Å². The first-order valence-corrected chi connectivity index (χ1v) is 15.1. The first kappa shape index (κ1) is 28.5. The molecule has 2 atom stereocenters. The van der Waals surface area contributed by atoms with Gasteiger partial charge >= 0.3 is 0 Å². The van der Waals surface area contributed by atoms with E-state index in [4.69, 9.17) is 4.74 Å². The van der Waals surface area contributed by atoms with Crippen LogP contribution in [0.5, 0.6) is 0 Å². The number of aromatic nitrogens is 1. The molecule has 1 N–H and O–H groups in total. The molecule has 0 saturated carbocycles. The second kappa shape index (κ2) is 11.7. The average Bonchev–Trinajstić information content (AvgIpc) is 2.90. The smallest absolute Gasteiger partial charge is 0.247 e. The molecule has 2 saturated heterocycles. The van der Waals surface area contributed by atoms with E-state index in [0.717, 1.165) is 31.5 Å². The lowest BCUT2D eigenvalue weighted by Crippen LogP contribution is -2.50. The van der Waals surface area contributed by atoms with Crippen molar-refractivity contribution in [3.63, 3.8) is 0 Å².